The van der Waals surface area contributed by atoms with Crippen molar-refractivity contribution in [3.05, 3.63) is 64.2 Å². The molecule has 1 aliphatic rings. The van der Waals surface area contributed by atoms with Crippen LogP contribution < -0.4 is 5.56 Å². The summed E-state index contributed by atoms with van der Waals surface area (Å²) in [6.07, 6.45) is 5.56. The lowest BCUT2D eigenvalue weighted by Gasteiger charge is -2.26. The number of hydrogen-bond acceptors (Lipinski definition) is 5. The number of carbonyl (C=O) groups excluding carboxylic acids is 1. The maximum Gasteiger partial charge on any atom is 0.277 e. The van der Waals surface area contributed by atoms with Crippen molar-refractivity contribution >= 4 is 5.91 Å². The molecule has 1 amide bonds. The van der Waals surface area contributed by atoms with Crippen LogP contribution >= 0.6 is 0 Å². The Bertz CT molecular complexity index is 946. The predicted molar refractivity (Wildman–Crippen MR) is 85.1 cm³/mol. The summed E-state index contributed by atoms with van der Waals surface area (Å²) in [5.74, 6) is -0.311. The standard InChI is InChI=1S/C16H14N6O2/c23-15-11(7-13(20-21-15)10-1-4-17-5-2-10)16(24)22-6-3-12-14(8-22)19-9-18-12/h1-2,4-5,7,9H,3,6,8H2,(H,18,19)(H,21,23). The fourth-order valence-electron chi connectivity index (χ4n) is 2.79. The first-order chi connectivity index (χ1) is 11.7. The summed E-state index contributed by atoms with van der Waals surface area (Å²) in [6, 6.07) is 5.07. The highest BCUT2D eigenvalue weighted by Crippen LogP contribution is 2.18. The third-order valence-corrected chi connectivity index (χ3v) is 4.07. The number of H-pyrrole nitrogens is 2. The molecule has 0 unspecified atom stereocenters. The average Bonchev–Trinajstić information content (AvgIpc) is 3.10. The van der Waals surface area contributed by atoms with E-state index in [4.69, 9.17) is 0 Å². The van der Waals surface area contributed by atoms with E-state index in [2.05, 4.69) is 25.1 Å². The van der Waals surface area contributed by atoms with E-state index in [1.807, 2.05) is 0 Å². The number of nitrogens with one attached hydrogen (secondary N) is 2. The molecular formula is C16H14N6O2. The molecule has 0 radical (unpaired) electrons. The molecule has 24 heavy (non-hydrogen) atoms. The molecule has 8 nitrogen and oxygen atoms in total. The molecule has 0 atom stereocenters. The first-order valence-electron chi connectivity index (χ1n) is 7.53. The van der Waals surface area contributed by atoms with Crippen molar-refractivity contribution in [2.75, 3.05) is 6.54 Å². The lowest BCUT2D eigenvalue weighted by molar-refractivity contribution is 0.0730. The van der Waals surface area contributed by atoms with E-state index in [0.29, 0.717) is 25.2 Å². The summed E-state index contributed by atoms with van der Waals surface area (Å²) < 4.78 is 0. The molecule has 0 bridgehead atoms. The van der Waals surface area contributed by atoms with Crippen molar-refractivity contribution in [2.45, 2.75) is 13.0 Å². The molecule has 3 aromatic rings. The Labute approximate surface area is 136 Å². The monoisotopic (exact) mass is 322 g/mol. The minimum atomic E-state index is -0.492. The highest BCUT2D eigenvalue weighted by atomic mass is 16.2. The Morgan fingerprint density at radius 2 is 2.08 bits per heavy atom. The van der Waals surface area contributed by atoms with Gasteiger partial charge >= 0.3 is 0 Å². The van der Waals surface area contributed by atoms with Gasteiger partial charge in [-0.1, -0.05) is 0 Å². The van der Waals surface area contributed by atoms with Crippen molar-refractivity contribution in [1.82, 2.24) is 30.0 Å². The minimum absolute atomic E-state index is 0.0831. The fraction of sp³-hybridized carbons (Fsp3) is 0.188. The topological polar surface area (TPSA) is 108 Å². The number of nitrogens with zero attached hydrogens (tertiary/aromatic N) is 4. The van der Waals surface area contributed by atoms with Crippen molar-refractivity contribution in [3.8, 4) is 11.3 Å². The summed E-state index contributed by atoms with van der Waals surface area (Å²) in [7, 11) is 0. The van der Waals surface area contributed by atoms with Gasteiger partial charge in [0.25, 0.3) is 11.5 Å². The number of hydrogen-bond donors (Lipinski definition) is 2. The van der Waals surface area contributed by atoms with Gasteiger partial charge in [0, 0.05) is 30.9 Å². The maximum absolute atomic E-state index is 12.8. The molecule has 2 N–H and O–H groups in total. The number of pyridine rings is 1. The molecule has 1 aliphatic heterocycles. The Hall–Kier alpha value is -3.29. The Kier molecular flexibility index (Phi) is 3.42. The van der Waals surface area contributed by atoms with Crippen LogP contribution in [0.15, 0.2) is 41.7 Å². The molecule has 0 saturated carbocycles. The van der Waals surface area contributed by atoms with Crippen LogP contribution in [0.2, 0.25) is 0 Å². The lowest BCUT2D eigenvalue weighted by Crippen LogP contribution is -2.38. The summed E-state index contributed by atoms with van der Waals surface area (Å²) in [6.45, 7) is 0.948. The molecule has 120 valence electrons. The molecule has 3 aromatic heterocycles. The number of amides is 1. The number of imidazole rings is 1. The Balaban J connectivity index is 1.66. The van der Waals surface area contributed by atoms with Gasteiger partial charge in [-0.2, -0.15) is 5.10 Å². The molecule has 0 fully saturated rings. The van der Waals surface area contributed by atoms with E-state index >= 15 is 0 Å². The summed E-state index contributed by atoms with van der Waals surface area (Å²) in [5.41, 5.74) is 2.78. The van der Waals surface area contributed by atoms with Crippen molar-refractivity contribution < 1.29 is 4.79 Å². The van der Waals surface area contributed by atoms with Gasteiger partial charge in [0.15, 0.2) is 0 Å². The number of fused-ring (bicyclic) bond motifs is 1. The first-order valence-corrected chi connectivity index (χ1v) is 7.53. The van der Waals surface area contributed by atoms with E-state index in [1.165, 1.54) is 6.07 Å². The van der Waals surface area contributed by atoms with Gasteiger partial charge in [0.05, 0.1) is 30.0 Å². The van der Waals surface area contributed by atoms with Gasteiger partial charge in [-0.15, -0.1) is 0 Å². The van der Waals surface area contributed by atoms with Crippen LogP contribution in [0.25, 0.3) is 11.3 Å². The number of carbonyl (C=O) groups is 1. The third-order valence-electron chi connectivity index (χ3n) is 4.07. The van der Waals surface area contributed by atoms with Crippen molar-refractivity contribution in [3.63, 3.8) is 0 Å². The van der Waals surface area contributed by atoms with Gasteiger partial charge < -0.3 is 9.88 Å². The highest BCUT2D eigenvalue weighted by molar-refractivity contribution is 5.94. The SMILES string of the molecule is O=C(c1cc(-c2ccncc2)n[nH]c1=O)N1CCc2nc[nH]c2C1. The Morgan fingerprint density at radius 1 is 1.25 bits per heavy atom. The molecule has 0 aromatic carbocycles. The van der Waals surface area contributed by atoms with Gasteiger partial charge in [0.1, 0.15) is 5.56 Å². The molecule has 0 aliphatic carbocycles. The number of aromatic amines is 2. The summed E-state index contributed by atoms with van der Waals surface area (Å²) in [5, 5.41) is 6.42. The fourth-order valence-corrected chi connectivity index (χ4v) is 2.79. The molecule has 4 rings (SSSR count). The van der Waals surface area contributed by atoms with E-state index in [1.54, 1.807) is 35.8 Å². The van der Waals surface area contributed by atoms with Gasteiger partial charge in [-0.05, 0) is 18.2 Å². The van der Waals surface area contributed by atoms with Gasteiger partial charge in [-0.3, -0.25) is 14.6 Å². The molecular weight excluding hydrogens is 308 g/mol. The normalized spacial score (nSPS) is 13.6. The van der Waals surface area contributed by atoms with Crippen LogP contribution in [-0.2, 0) is 13.0 Å². The minimum Gasteiger partial charge on any atom is -0.347 e. The van der Waals surface area contributed by atoms with Crippen LogP contribution in [0.3, 0.4) is 0 Å². The zero-order valence-electron chi connectivity index (χ0n) is 12.7. The van der Waals surface area contributed by atoms with Crippen LogP contribution in [0.4, 0.5) is 0 Å². The maximum atomic E-state index is 12.8. The van der Waals surface area contributed by atoms with E-state index < -0.39 is 5.56 Å². The van der Waals surface area contributed by atoms with Crippen LogP contribution in [0, 0.1) is 0 Å². The molecule has 0 spiro atoms. The van der Waals surface area contributed by atoms with Crippen molar-refractivity contribution in [1.29, 1.82) is 0 Å². The lowest BCUT2D eigenvalue weighted by atomic mass is 10.1. The van der Waals surface area contributed by atoms with E-state index in [0.717, 1.165) is 17.0 Å². The molecule has 0 saturated heterocycles. The van der Waals surface area contributed by atoms with Gasteiger partial charge in [-0.25, -0.2) is 10.1 Å². The molecule has 8 heteroatoms. The zero-order chi connectivity index (χ0) is 16.5. The quantitative estimate of drug-likeness (QED) is 0.724. The first kappa shape index (κ1) is 14.3. The van der Waals surface area contributed by atoms with E-state index in [9.17, 15) is 9.59 Å². The van der Waals surface area contributed by atoms with E-state index in [-0.39, 0.29) is 11.5 Å². The van der Waals surface area contributed by atoms with Gasteiger partial charge in [0.2, 0.25) is 0 Å². The second-order valence-corrected chi connectivity index (χ2v) is 5.54. The van der Waals surface area contributed by atoms with Crippen molar-refractivity contribution in [2.24, 2.45) is 0 Å². The van der Waals surface area contributed by atoms with Crippen LogP contribution in [0.5, 0.6) is 0 Å². The van der Waals surface area contributed by atoms with Crippen LogP contribution in [-0.4, -0.2) is 42.5 Å². The summed E-state index contributed by atoms with van der Waals surface area (Å²) >= 11 is 0. The predicted octanol–water partition coefficient (Wildman–Crippen LogP) is 0.753. The number of rotatable bonds is 2. The largest absolute Gasteiger partial charge is 0.347 e. The second-order valence-electron chi connectivity index (χ2n) is 5.54. The smallest absolute Gasteiger partial charge is 0.277 e. The summed E-state index contributed by atoms with van der Waals surface area (Å²) in [4.78, 5) is 37.7. The third kappa shape index (κ3) is 2.47. The highest BCUT2D eigenvalue weighted by Gasteiger charge is 2.25. The van der Waals surface area contributed by atoms with Crippen LogP contribution in [0.1, 0.15) is 21.7 Å². The Morgan fingerprint density at radius 3 is 2.92 bits per heavy atom. The average molecular weight is 322 g/mol. The molecule has 4 heterocycles. The number of aromatic nitrogens is 5. The second kappa shape index (κ2) is 5.73. The zero-order valence-corrected chi connectivity index (χ0v) is 12.7.